The second-order valence-corrected chi connectivity index (χ2v) is 29.6. The van der Waals surface area contributed by atoms with Gasteiger partial charge in [-0.1, -0.05) is 260 Å². The first-order valence-corrected chi connectivity index (χ1v) is 37.9. The van der Waals surface area contributed by atoms with Gasteiger partial charge < -0.3 is 9.80 Å². The average Bonchev–Trinajstić information content (AvgIpc) is 0.656. The highest BCUT2D eigenvalue weighted by atomic mass is 15.2. The fourth-order valence-electron chi connectivity index (χ4n) is 19.2. The normalized spacial score (nSPS) is 12.4. The van der Waals surface area contributed by atoms with Crippen LogP contribution in [0.4, 0.5) is 45.5 Å². The van der Waals surface area contributed by atoms with Gasteiger partial charge in [-0.05, 0) is 269 Å². The average molecular weight is 1410 g/mol. The molecular weight excluding hydrogens is 1350 g/mol. The minimum Gasteiger partial charge on any atom is -0.313 e. The molecule has 8 heteroatoms. The van der Waals surface area contributed by atoms with Gasteiger partial charge in [0.2, 0.25) is 13.4 Å². The molecule has 0 radical (unpaired) electrons. The van der Waals surface area contributed by atoms with Crippen molar-refractivity contribution in [3.05, 3.63) is 386 Å². The van der Waals surface area contributed by atoms with Crippen LogP contribution in [-0.4, -0.2) is 13.4 Å². The molecular formula is C104H58B2N6. The van der Waals surface area contributed by atoms with Crippen LogP contribution in [0, 0.1) is 35.8 Å². The summed E-state index contributed by atoms with van der Waals surface area (Å²) in [6, 6.07) is 132. The third-order valence-electron chi connectivity index (χ3n) is 23.8. The standard InChI is InChI=1S/C104H58B2N6/c1-109-73-44-46-90-94(55-73)112(76-41-25-10-26-42-76)95-49-64(62-108)47-87-83-57-81(97-77(67-31-15-5-16-32-67)50-71(65-27-11-3-12-28-65)51-78(97)68-33-17-6-18-34-68)85-60-92-100-84(88-54-74(110-2)56-96-104(88)105(92)89-45-43-63(61-107)48-93(89)111(96)75-39-23-9-24-40-75)58-82(86-59-91(106(90)103(87)95)99(83)101(85)102(86)100)98-79(69-35-19-7-20-36-69)52-72(66-29-13-4-14-30-66)53-80(98)70-37-21-8-22-38-70/h3-60H. The molecule has 0 fully saturated rings. The van der Waals surface area contributed by atoms with E-state index in [1.165, 1.54) is 0 Å². The number of benzene rings is 18. The Bertz CT molecular complexity index is 6650. The molecule has 0 unspecified atom stereocenters. The molecule has 18 aromatic rings. The molecule has 0 aliphatic carbocycles. The molecule has 0 amide bonds. The number of rotatable bonds is 10. The lowest BCUT2D eigenvalue weighted by Crippen LogP contribution is -2.60. The van der Waals surface area contributed by atoms with E-state index in [-0.39, 0.29) is 0 Å². The Labute approximate surface area is 649 Å². The molecule has 510 valence electrons. The lowest BCUT2D eigenvalue weighted by Gasteiger charge is -2.42. The lowest BCUT2D eigenvalue weighted by molar-refractivity contribution is 1.29. The molecule has 0 N–H and O–H groups in total. The summed E-state index contributed by atoms with van der Waals surface area (Å²) in [6.07, 6.45) is 0. The number of fused-ring (bicyclic) bond motifs is 8. The third-order valence-corrected chi connectivity index (χ3v) is 23.8. The highest BCUT2D eigenvalue weighted by molar-refractivity contribution is 7.02. The maximum atomic E-state index is 11.7. The quantitative estimate of drug-likeness (QED) is 0.0778. The number of nitrogens with zero attached hydrogens (tertiary/aromatic N) is 6. The van der Waals surface area contributed by atoms with Crippen molar-refractivity contribution < 1.29 is 0 Å². The summed E-state index contributed by atoms with van der Waals surface area (Å²) >= 11 is 0. The summed E-state index contributed by atoms with van der Waals surface area (Å²) in [6.45, 7) is 17.0. The monoisotopic (exact) mass is 1410 g/mol. The van der Waals surface area contributed by atoms with E-state index in [1.807, 2.05) is 36.4 Å². The summed E-state index contributed by atoms with van der Waals surface area (Å²) < 4.78 is 0. The van der Waals surface area contributed by atoms with Crippen LogP contribution in [0.5, 0.6) is 0 Å². The molecule has 22 rings (SSSR count). The molecule has 18 aromatic carbocycles. The number of para-hydroxylation sites is 2. The summed E-state index contributed by atoms with van der Waals surface area (Å²) in [5.41, 5.74) is 34.8. The van der Waals surface area contributed by atoms with Gasteiger partial charge in [0, 0.05) is 34.1 Å². The zero-order valence-electron chi connectivity index (χ0n) is 60.3. The topological polar surface area (TPSA) is 62.8 Å². The second-order valence-electron chi connectivity index (χ2n) is 29.6. The molecule has 4 aliphatic rings. The molecule has 0 aromatic heterocycles. The molecule has 4 heterocycles. The van der Waals surface area contributed by atoms with Crippen molar-refractivity contribution in [3.8, 4) is 123 Å². The van der Waals surface area contributed by atoms with E-state index >= 15 is 0 Å². The van der Waals surface area contributed by atoms with Crippen LogP contribution >= 0.6 is 0 Å². The summed E-state index contributed by atoms with van der Waals surface area (Å²) in [4.78, 5) is 13.1. The molecule has 4 aliphatic heterocycles. The van der Waals surface area contributed by atoms with E-state index in [1.54, 1.807) is 0 Å². The Morgan fingerprint density at radius 1 is 0.250 bits per heavy atom. The van der Waals surface area contributed by atoms with Crippen LogP contribution < -0.4 is 42.6 Å². The molecule has 0 saturated carbocycles. The van der Waals surface area contributed by atoms with Crippen LogP contribution in [0.1, 0.15) is 11.1 Å². The minimum absolute atomic E-state index is 0.419. The minimum atomic E-state index is -0.419. The number of hydrogen-bond donors (Lipinski definition) is 0. The molecule has 6 nitrogen and oxygen atoms in total. The first kappa shape index (κ1) is 63.9. The SMILES string of the molecule is [C-]#[N+]c1ccc2c(c1)N(c1ccccc1)c1cc(C#N)cc3c1B2c1cc2c(-c4c(-c5ccccc5)cc(-c5ccccc5)cc4-c4ccccc4)cc4c5c(cc6c(-c7c(-c8ccccc8)cc(-c8ccccc8)cc7-c7ccccc7)cc-3c1c6c25)B1c2ccc(C#N)cc2N(c2ccccc2)c2cc([N+]#[C-])cc-4c21. The van der Waals surface area contributed by atoms with Gasteiger partial charge in [0.1, 0.15) is 0 Å². The molecule has 112 heavy (non-hydrogen) atoms. The molecule has 0 atom stereocenters. The van der Waals surface area contributed by atoms with E-state index in [2.05, 4.69) is 347 Å². The van der Waals surface area contributed by atoms with E-state index in [0.29, 0.717) is 22.5 Å². The first-order chi connectivity index (χ1) is 55.4. The van der Waals surface area contributed by atoms with Gasteiger partial charge in [0.25, 0.3) is 0 Å². The van der Waals surface area contributed by atoms with Crippen molar-refractivity contribution in [2.24, 2.45) is 0 Å². The Hall–Kier alpha value is -15.3. The molecule has 0 spiro atoms. The highest BCUT2D eigenvalue weighted by Gasteiger charge is 2.47. The van der Waals surface area contributed by atoms with Crippen LogP contribution in [0.2, 0.25) is 0 Å². The number of anilines is 6. The Kier molecular flexibility index (Phi) is 14.4. The lowest BCUT2D eigenvalue weighted by atomic mass is 9.31. The third kappa shape index (κ3) is 9.57. The fourth-order valence-corrected chi connectivity index (χ4v) is 19.2. The van der Waals surface area contributed by atoms with E-state index in [9.17, 15) is 10.5 Å². The van der Waals surface area contributed by atoms with Crippen molar-refractivity contribution >= 4 is 124 Å². The first-order valence-electron chi connectivity index (χ1n) is 37.9. The van der Waals surface area contributed by atoms with Crippen LogP contribution in [-0.2, 0) is 0 Å². The maximum absolute atomic E-state index is 11.7. The Morgan fingerprint density at radius 3 is 1.00 bits per heavy atom. The van der Waals surface area contributed by atoms with Crippen LogP contribution in [0.3, 0.4) is 0 Å². The predicted octanol–water partition coefficient (Wildman–Crippen LogP) is 23.3. The van der Waals surface area contributed by atoms with Gasteiger partial charge in [0.15, 0.2) is 11.4 Å². The highest BCUT2D eigenvalue weighted by Crippen LogP contribution is 2.57. The van der Waals surface area contributed by atoms with Crippen LogP contribution in [0.15, 0.2) is 352 Å². The summed E-state index contributed by atoms with van der Waals surface area (Å²) in [5, 5.41) is 29.2. The van der Waals surface area contributed by atoms with Gasteiger partial charge >= 0.3 is 0 Å². The fraction of sp³-hybridized carbons (Fsp3) is 0. The van der Waals surface area contributed by atoms with Gasteiger partial charge in [-0.2, -0.15) is 10.5 Å². The van der Waals surface area contributed by atoms with Crippen molar-refractivity contribution in [2.75, 3.05) is 9.80 Å². The van der Waals surface area contributed by atoms with E-state index in [4.69, 9.17) is 13.1 Å². The molecule has 0 bridgehead atoms. The van der Waals surface area contributed by atoms with Gasteiger partial charge in [-0.15, -0.1) is 0 Å². The largest absolute Gasteiger partial charge is 0.313 e. The number of nitriles is 2. The number of hydrogen-bond acceptors (Lipinski definition) is 4. The van der Waals surface area contributed by atoms with Crippen molar-refractivity contribution in [3.63, 3.8) is 0 Å². The zero-order valence-corrected chi connectivity index (χ0v) is 60.3. The Balaban J connectivity index is 1.01. The zero-order chi connectivity index (χ0) is 74.4. The van der Waals surface area contributed by atoms with E-state index in [0.717, 1.165) is 210 Å². The van der Waals surface area contributed by atoms with Gasteiger partial charge in [0.05, 0.1) is 36.4 Å². The van der Waals surface area contributed by atoms with Gasteiger partial charge in [-0.3, -0.25) is 0 Å². The van der Waals surface area contributed by atoms with Crippen molar-refractivity contribution in [2.45, 2.75) is 0 Å². The van der Waals surface area contributed by atoms with Gasteiger partial charge in [-0.25, -0.2) is 9.69 Å². The maximum Gasteiger partial charge on any atom is 0.248 e. The van der Waals surface area contributed by atoms with E-state index < -0.39 is 13.4 Å². The van der Waals surface area contributed by atoms with Crippen LogP contribution in [0.25, 0.3) is 153 Å². The summed E-state index contributed by atoms with van der Waals surface area (Å²) in [5.74, 6) is 0. The van der Waals surface area contributed by atoms with Crippen molar-refractivity contribution in [1.29, 1.82) is 10.5 Å². The predicted molar refractivity (Wildman–Crippen MR) is 465 cm³/mol. The second kappa shape index (κ2) is 25.2. The molecule has 0 saturated heterocycles. The Morgan fingerprint density at radius 2 is 0.598 bits per heavy atom. The van der Waals surface area contributed by atoms with Crippen molar-refractivity contribution in [1.82, 2.24) is 0 Å². The summed E-state index contributed by atoms with van der Waals surface area (Å²) in [7, 11) is 0. The smallest absolute Gasteiger partial charge is 0.248 e.